The second-order valence-corrected chi connectivity index (χ2v) is 4.82. The molecule has 106 valence electrons. The van der Waals surface area contributed by atoms with Gasteiger partial charge < -0.3 is 10.5 Å². The van der Waals surface area contributed by atoms with Crippen molar-refractivity contribution in [2.45, 2.75) is 12.5 Å². The van der Waals surface area contributed by atoms with E-state index in [0.29, 0.717) is 17.5 Å². The predicted octanol–water partition coefficient (Wildman–Crippen LogP) is 3.87. The Labute approximate surface area is 121 Å². The fourth-order valence-corrected chi connectivity index (χ4v) is 2.25. The number of halogens is 3. The highest BCUT2D eigenvalue weighted by atomic mass is 35.5. The SMILES string of the molecule is COc1cccc(C(N)Cc2ccc(F)cc2Cl)c1F. The average Bonchev–Trinajstić information content (AvgIpc) is 2.42. The summed E-state index contributed by atoms with van der Waals surface area (Å²) >= 11 is 5.95. The van der Waals surface area contributed by atoms with Crippen molar-refractivity contribution in [3.63, 3.8) is 0 Å². The van der Waals surface area contributed by atoms with Crippen molar-refractivity contribution >= 4 is 11.6 Å². The molecule has 1 atom stereocenters. The van der Waals surface area contributed by atoms with E-state index < -0.39 is 17.7 Å². The summed E-state index contributed by atoms with van der Waals surface area (Å²) in [4.78, 5) is 0. The number of hydrogen-bond acceptors (Lipinski definition) is 2. The van der Waals surface area contributed by atoms with Gasteiger partial charge in [-0.25, -0.2) is 8.78 Å². The van der Waals surface area contributed by atoms with E-state index in [4.69, 9.17) is 22.1 Å². The van der Waals surface area contributed by atoms with Crippen molar-refractivity contribution < 1.29 is 13.5 Å². The summed E-state index contributed by atoms with van der Waals surface area (Å²) in [6.07, 6.45) is 0.309. The first-order valence-corrected chi connectivity index (χ1v) is 6.42. The van der Waals surface area contributed by atoms with Gasteiger partial charge >= 0.3 is 0 Å². The Bertz CT molecular complexity index is 619. The minimum Gasteiger partial charge on any atom is -0.494 e. The molecule has 2 aromatic carbocycles. The summed E-state index contributed by atoms with van der Waals surface area (Å²) in [6.45, 7) is 0. The summed E-state index contributed by atoms with van der Waals surface area (Å²) in [6, 6.07) is 8.27. The third kappa shape index (κ3) is 3.08. The van der Waals surface area contributed by atoms with E-state index in [1.807, 2.05) is 0 Å². The molecule has 0 amide bonds. The highest BCUT2D eigenvalue weighted by molar-refractivity contribution is 6.31. The van der Waals surface area contributed by atoms with Crippen molar-refractivity contribution in [3.8, 4) is 5.75 Å². The quantitative estimate of drug-likeness (QED) is 0.930. The number of hydrogen-bond donors (Lipinski definition) is 1. The molecule has 0 aromatic heterocycles. The highest BCUT2D eigenvalue weighted by Gasteiger charge is 2.16. The Morgan fingerprint density at radius 3 is 2.65 bits per heavy atom. The van der Waals surface area contributed by atoms with E-state index in [1.165, 1.54) is 25.3 Å². The molecule has 0 radical (unpaired) electrons. The first-order valence-electron chi connectivity index (χ1n) is 6.05. The Hall–Kier alpha value is -1.65. The Morgan fingerprint density at radius 1 is 1.25 bits per heavy atom. The third-order valence-electron chi connectivity index (χ3n) is 3.07. The van der Waals surface area contributed by atoms with Crippen LogP contribution in [-0.2, 0) is 6.42 Å². The fraction of sp³-hybridized carbons (Fsp3) is 0.200. The van der Waals surface area contributed by atoms with Crippen LogP contribution in [0, 0.1) is 11.6 Å². The fourth-order valence-electron chi connectivity index (χ4n) is 2.01. The van der Waals surface area contributed by atoms with Crippen molar-refractivity contribution in [3.05, 3.63) is 64.2 Å². The topological polar surface area (TPSA) is 35.2 Å². The lowest BCUT2D eigenvalue weighted by Gasteiger charge is -2.15. The van der Waals surface area contributed by atoms with Gasteiger partial charge in [-0.3, -0.25) is 0 Å². The van der Waals surface area contributed by atoms with Crippen molar-refractivity contribution in [2.75, 3.05) is 7.11 Å². The van der Waals surface area contributed by atoms with Gasteiger partial charge in [0.2, 0.25) is 0 Å². The summed E-state index contributed by atoms with van der Waals surface area (Å²) < 4.78 is 32.0. The molecule has 2 rings (SSSR count). The maximum atomic E-state index is 14.1. The van der Waals surface area contributed by atoms with Crippen LogP contribution < -0.4 is 10.5 Å². The average molecular weight is 298 g/mol. The Morgan fingerprint density at radius 2 is 2.00 bits per heavy atom. The highest BCUT2D eigenvalue weighted by Crippen LogP contribution is 2.28. The van der Waals surface area contributed by atoms with E-state index in [1.54, 1.807) is 18.2 Å². The van der Waals surface area contributed by atoms with Crippen LogP contribution in [0.25, 0.3) is 0 Å². The first-order chi connectivity index (χ1) is 9.52. The lowest BCUT2D eigenvalue weighted by atomic mass is 9.99. The molecule has 0 fully saturated rings. The van der Waals surface area contributed by atoms with Crippen molar-refractivity contribution in [1.29, 1.82) is 0 Å². The molecule has 0 aliphatic carbocycles. The molecule has 0 saturated heterocycles. The van der Waals surface area contributed by atoms with Gasteiger partial charge in [0.1, 0.15) is 5.82 Å². The molecule has 0 spiro atoms. The second-order valence-electron chi connectivity index (χ2n) is 4.41. The molecule has 0 heterocycles. The zero-order chi connectivity index (χ0) is 14.7. The van der Waals surface area contributed by atoms with E-state index in [0.717, 1.165) is 0 Å². The summed E-state index contributed by atoms with van der Waals surface area (Å²) in [5, 5.41) is 0.281. The predicted molar refractivity (Wildman–Crippen MR) is 75.0 cm³/mol. The van der Waals surface area contributed by atoms with Gasteiger partial charge in [0.25, 0.3) is 0 Å². The molecule has 2 N–H and O–H groups in total. The van der Waals surface area contributed by atoms with Crippen LogP contribution in [0.4, 0.5) is 8.78 Å². The van der Waals surface area contributed by atoms with E-state index >= 15 is 0 Å². The molecule has 5 heteroatoms. The van der Waals surface area contributed by atoms with Gasteiger partial charge in [-0.15, -0.1) is 0 Å². The smallest absolute Gasteiger partial charge is 0.169 e. The summed E-state index contributed by atoms with van der Waals surface area (Å²) in [7, 11) is 1.39. The summed E-state index contributed by atoms with van der Waals surface area (Å²) in [5.41, 5.74) is 7.02. The van der Waals surface area contributed by atoms with Gasteiger partial charge in [0.15, 0.2) is 11.6 Å². The molecular weight excluding hydrogens is 284 g/mol. The molecule has 1 unspecified atom stereocenters. The van der Waals surface area contributed by atoms with E-state index in [9.17, 15) is 8.78 Å². The molecule has 0 aliphatic rings. The van der Waals surface area contributed by atoms with Crippen molar-refractivity contribution in [2.24, 2.45) is 5.73 Å². The summed E-state index contributed by atoms with van der Waals surface area (Å²) in [5.74, 6) is -0.760. The molecule has 0 saturated carbocycles. The first kappa shape index (κ1) is 14.8. The maximum absolute atomic E-state index is 14.1. The van der Waals surface area contributed by atoms with E-state index in [2.05, 4.69) is 0 Å². The lowest BCUT2D eigenvalue weighted by molar-refractivity contribution is 0.382. The van der Waals surface area contributed by atoms with Crippen LogP contribution in [0.2, 0.25) is 5.02 Å². The maximum Gasteiger partial charge on any atom is 0.169 e. The van der Waals surface area contributed by atoms with Gasteiger partial charge in [-0.05, 0) is 30.2 Å². The number of benzene rings is 2. The minimum absolute atomic E-state index is 0.142. The van der Waals surface area contributed by atoms with Crippen LogP contribution in [0.1, 0.15) is 17.2 Å². The number of ether oxygens (including phenoxy) is 1. The van der Waals surface area contributed by atoms with Crippen molar-refractivity contribution in [1.82, 2.24) is 0 Å². The second kappa shape index (κ2) is 6.20. The lowest BCUT2D eigenvalue weighted by Crippen LogP contribution is -2.15. The Kier molecular flexibility index (Phi) is 4.57. The van der Waals surface area contributed by atoms with Gasteiger partial charge in [-0.2, -0.15) is 0 Å². The standard InChI is InChI=1S/C15H14ClF2NO/c1-20-14-4-2-3-11(15(14)18)13(19)7-9-5-6-10(17)8-12(9)16/h2-6,8,13H,7,19H2,1H3. The third-order valence-corrected chi connectivity index (χ3v) is 3.42. The monoisotopic (exact) mass is 297 g/mol. The largest absolute Gasteiger partial charge is 0.494 e. The number of nitrogens with two attached hydrogens (primary N) is 1. The zero-order valence-corrected chi connectivity index (χ0v) is 11.6. The van der Waals surface area contributed by atoms with E-state index in [-0.39, 0.29) is 10.8 Å². The number of rotatable bonds is 4. The van der Waals surface area contributed by atoms with Gasteiger partial charge in [0.05, 0.1) is 7.11 Å². The van der Waals surface area contributed by atoms with Crippen LogP contribution >= 0.6 is 11.6 Å². The van der Waals surface area contributed by atoms with Gasteiger partial charge in [-0.1, -0.05) is 29.8 Å². The Balaban J connectivity index is 2.26. The molecular formula is C15H14ClF2NO. The van der Waals surface area contributed by atoms with Crippen LogP contribution in [0.5, 0.6) is 5.75 Å². The molecule has 0 bridgehead atoms. The molecule has 2 nitrogen and oxygen atoms in total. The minimum atomic E-state index is -0.590. The number of methoxy groups -OCH3 is 1. The zero-order valence-electron chi connectivity index (χ0n) is 10.9. The van der Waals surface area contributed by atoms with Crippen LogP contribution in [0.15, 0.2) is 36.4 Å². The van der Waals surface area contributed by atoms with Gasteiger partial charge in [0, 0.05) is 16.6 Å². The van der Waals surface area contributed by atoms with Crippen LogP contribution in [-0.4, -0.2) is 7.11 Å². The van der Waals surface area contributed by atoms with Crippen LogP contribution in [0.3, 0.4) is 0 Å². The molecule has 20 heavy (non-hydrogen) atoms. The molecule has 0 aliphatic heterocycles. The molecule has 2 aromatic rings. The normalized spacial score (nSPS) is 12.2.